The number of pyridine rings is 1. The second kappa shape index (κ2) is 7.98. The molecule has 1 aromatic carbocycles. The summed E-state index contributed by atoms with van der Waals surface area (Å²) in [5, 5.41) is 10.8. The second-order valence-electron chi connectivity index (χ2n) is 6.75. The maximum atomic E-state index is 12.8. The number of hydrogen-bond acceptors (Lipinski definition) is 6. The number of nitrogens with zero attached hydrogens (tertiary/aromatic N) is 2. The van der Waals surface area contributed by atoms with Crippen molar-refractivity contribution in [1.82, 2.24) is 4.98 Å². The summed E-state index contributed by atoms with van der Waals surface area (Å²) in [5.74, 6) is -1.31. The molecule has 3 rings (SSSR count). The van der Waals surface area contributed by atoms with Crippen LogP contribution in [-0.4, -0.2) is 17.6 Å². The van der Waals surface area contributed by atoms with Crippen molar-refractivity contribution in [1.29, 1.82) is 5.26 Å². The Balaban J connectivity index is 2.29. The zero-order valence-corrected chi connectivity index (χ0v) is 17.1. The van der Waals surface area contributed by atoms with E-state index in [1.807, 2.05) is 38.1 Å². The molecule has 0 saturated carbocycles. The first-order valence-electron chi connectivity index (χ1n) is 8.92. The van der Waals surface area contributed by atoms with E-state index >= 15 is 0 Å². The molecule has 0 radical (unpaired) electrons. The first-order valence-corrected chi connectivity index (χ1v) is 9.30. The number of nitrogens with two attached hydrogens (primary N) is 1. The number of esters is 1. The molecule has 0 aliphatic carbocycles. The van der Waals surface area contributed by atoms with E-state index in [0.717, 1.165) is 22.0 Å². The van der Waals surface area contributed by atoms with Crippen LogP contribution in [0.3, 0.4) is 0 Å². The molecule has 0 fully saturated rings. The average molecular weight is 410 g/mol. The summed E-state index contributed by atoms with van der Waals surface area (Å²) in [7, 11) is 0. The molecule has 6 nitrogen and oxygen atoms in total. The fourth-order valence-electron chi connectivity index (χ4n) is 3.40. The van der Waals surface area contributed by atoms with Gasteiger partial charge in [0.05, 0.1) is 17.0 Å². The Kier molecular flexibility index (Phi) is 5.62. The van der Waals surface area contributed by atoms with E-state index in [0.29, 0.717) is 5.56 Å². The molecule has 2 aromatic rings. The fraction of sp³-hybridized carbons (Fsp3) is 0.227. The number of aromatic nitrogens is 1. The first-order chi connectivity index (χ1) is 13.8. The van der Waals surface area contributed by atoms with E-state index in [2.05, 4.69) is 11.6 Å². The van der Waals surface area contributed by atoms with Gasteiger partial charge in [-0.1, -0.05) is 36.4 Å². The van der Waals surface area contributed by atoms with Crippen LogP contribution < -0.4 is 5.73 Å². The monoisotopic (exact) mass is 409 g/mol. The number of ether oxygens (including phenoxy) is 2. The van der Waals surface area contributed by atoms with Gasteiger partial charge in [0.1, 0.15) is 29.2 Å². The van der Waals surface area contributed by atoms with Gasteiger partial charge in [-0.15, -0.1) is 0 Å². The highest BCUT2D eigenvalue weighted by Crippen LogP contribution is 2.43. The minimum atomic E-state index is -0.852. The molecule has 1 aromatic heterocycles. The quantitative estimate of drug-likeness (QED) is 0.458. The van der Waals surface area contributed by atoms with Gasteiger partial charge in [0.15, 0.2) is 0 Å². The van der Waals surface area contributed by atoms with Crippen molar-refractivity contribution in [3.05, 3.63) is 75.5 Å². The van der Waals surface area contributed by atoms with Gasteiger partial charge in [0.25, 0.3) is 0 Å². The van der Waals surface area contributed by atoms with Crippen molar-refractivity contribution in [2.75, 3.05) is 6.61 Å². The number of carbonyl (C=O) groups excluding carboxylic acids is 1. The summed E-state index contributed by atoms with van der Waals surface area (Å²) in [6.07, 6.45) is 1.46. The zero-order valence-electron chi connectivity index (χ0n) is 16.4. The lowest BCUT2D eigenvalue weighted by atomic mass is 9.83. The molecule has 2 heterocycles. The number of halogens is 1. The standard InChI is InChI=1S/C22H20ClN3O3/c1-5-8-28-22(27)17-13(4)29-21(25)16(10-24)18(17)15-9-14-11(2)6-7-12(3)19(14)26-20(15)23/h5-7,9,18H,1,8,25H2,2-4H3/t18-/m0/s1. The van der Waals surface area contributed by atoms with Crippen molar-refractivity contribution in [3.63, 3.8) is 0 Å². The van der Waals surface area contributed by atoms with E-state index < -0.39 is 11.9 Å². The molecule has 0 bridgehead atoms. The maximum absolute atomic E-state index is 12.8. The van der Waals surface area contributed by atoms with E-state index in [9.17, 15) is 10.1 Å². The Labute approximate surface area is 173 Å². The summed E-state index contributed by atoms with van der Waals surface area (Å²) in [4.78, 5) is 17.3. The lowest BCUT2D eigenvalue weighted by molar-refractivity contribution is -0.138. The third-order valence-corrected chi connectivity index (χ3v) is 5.16. The van der Waals surface area contributed by atoms with Gasteiger partial charge in [-0.2, -0.15) is 5.26 Å². The number of aryl methyl sites for hydroxylation is 2. The van der Waals surface area contributed by atoms with Gasteiger partial charge in [0, 0.05) is 10.9 Å². The van der Waals surface area contributed by atoms with Crippen LogP contribution in [0, 0.1) is 25.2 Å². The maximum Gasteiger partial charge on any atom is 0.338 e. The predicted molar refractivity (Wildman–Crippen MR) is 111 cm³/mol. The van der Waals surface area contributed by atoms with Gasteiger partial charge in [-0.25, -0.2) is 9.78 Å². The zero-order chi connectivity index (χ0) is 21.3. The number of fused-ring (bicyclic) bond motifs is 1. The van der Waals surface area contributed by atoms with Crippen LogP contribution in [0.15, 0.2) is 53.6 Å². The van der Waals surface area contributed by atoms with Crippen LogP contribution in [0.2, 0.25) is 5.15 Å². The molecule has 29 heavy (non-hydrogen) atoms. The minimum absolute atomic E-state index is 0.0193. The highest BCUT2D eigenvalue weighted by Gasteiger charge is 2.38. The third-order valence-electron chi connectivity index (χ3n) is 4.85. The van der Waals surface area contributed by atoms with E-state index in [1.165, 1.54) is 6.08 Å². The van der Waals surface area contributed by atoms with E-state index in [1.54, 1.807) is 6.92 Å². The number of carbonyl (C=O) groups is 1. The molecule has 1 atom stereocenters. The van der Waals surface area contributed by atoms with E-state index in [4.69, 9.17) is 26.8 Å². The summed E-state index contributed by atoms with van der Waals surface area (Å²) in [5.41, 5.74) is 9.41. The first kappa shape index (κ1) is 20.4. The van der Waals surface area contributed by atoms with Crippen LogP contribution in [0.5, 0.6) is 0 Å². The fourth-order valence-corrected chi connectivity index (χ4v) is 3.65. The minimum Gasteiger partial charge on any atom is -0.458 e. The second-order valence-corrected chi connectivity index (χ2v) is 7.10. The molecule has 1 aliphatic rings. The van der Waals surface area contributed by atoms with Crippen LogP contribution in [0.1, 0.15) is 29.5 Å². The Bertz CT molecular complexity index is 1140. The van der Waals surface area contributed by atoms with Crippen LogP contribution in [0.4, 0.5) is 0 Å². The highest BCUT2D eigenvalue weighted by molar-refractivity contribution is 6.31. The highest BCUT2D eigenvalue weighted by atomic mass is 35.5. The molecule has 0 amide bonds. The Morgan fingerprint density at radius 3 is 2.76 bits per heavy atom. The summed E-state index contributed by atoms with van der Waals surface area (Å²) < 4.78 is 10.7. The molecule has 2 N–H and O–H groups in total. The van der Waals surface area contributed by atoms with Crippen molar-refractivity contribution < 1.29 is 14.3 Å². The van der Waals surface area contributed by atoms with Crippen LogP contribution >= 0.6 is 11.6 Å². The SMILES string of the molecule is C=CCOC(=O)C1=C(C)OC(N)=C(C#N)[C@@H]1c1cc2c(C)ccc(C)c2nc1Cl. The Hall–Kier alpha value is -3.30. The van der Waals surface area contributed by atoms with Gasteiger partial charge in [0.2, 0.25) is 5.88 Å². The normalized spacial score (nSPS) is 16.4. The Morgan fingerprint density at radius 1 is 1.41 bits per heavy atom. The van der Waals surface area contributed by atoms with Crippen molar-refractivity contribution in [3.8, 4) is 6.07 Å². The van der Waals surface area contributed by atoms with Crippen LogP contribution in [0.25, 0.3) is 10.9 Å². The lowest BCUT2D eigenvalue weighted by Crippen LogP contribution is -2.26. The molecule has 148 valence electrons. The number of benzene rings is 1. The largest absolute Gasteiger partial charge is 0.458 e. The van der Waals surface area contributed by atoms with Crippen LogP contribution in [-0.2, 0) is 14.3 Å². The van der Waals surface area contributed by atoms with Gasteiger partial charge in [-0.05, 0) is 38.0 Å². The van der Waals surface area contributed by atoms with Gasteiger partial charge >= 0.3 is 5.97 Å². The predicted octanol–water partition coefficient (Wildman–Crippen LogP) is 4.32. The number of nitriles is 1. The Morgan fingerprint density at radius 2 is 2.10 bits per heavy atom. The van der Waals surface area contributed by atoms with Crippen molar-refractivity contribution >= 4 is 28.5 Å². The molecule has 0 spiro atoms. The molecule has 7 heteroatoms. The number of allylic oxidation sites excluding steroid dienone is 2. The topological polar surface area (TPSA) is 98.2 Å². The third kappa shape index (κ3) is 3.57. The van der Waals surface area contributed by atoms with Crippen molar-refractivity contribution in [2.45, 2.75) is 26.7 Å². The number of rotatable bonds is 4. The summed E-state index contributed by atoms with van der Waals surface area (Å²) >= 11 is 6.54. The van der Waals surface area contributed by atoms with Gasteiger partial charge in [-0.3, -0.25) is 0 Å². The molecule has 0 saturated heterocycles. The lowest BCUT2D eigenvalue weighted by Gasteiger charge is -2.27. The molecular formula is C22H20ClN3O3. The summed E-state index contributed by atoms with van der Waals surface area (Å²) in [6, 6.07) is 7.85. The molecular weight excluding hydrogens is 390 g/mol. The van der Waals surface area contributed by atoms with Gasteiger partial charge < -0.3 is 15.2 Å². The molecule has 1 aliphatic heterocycles. The van der Waals surface area contributed by atoms with E-state index in [-0.39, 0.29) is 34.5 Å². The van der Waals surface area contributed by atoms with Crippen molar-refractivity contribution in [2.24, 2.45) is 5.73 Å². The number of hydrogen-bond donors (Lipinski definition) is 1. The average Bonchev–Trinajstić information content (AvgIpc) is 2.68. The summed E-state index contributed by atoms with van der Waals surface area (Å²) in [6.45, 7) is 9.06. The molecule has 0 unspecified atom stereocenters. The smallest absolute Gasteiger partial charge is 0.338 e.